The molecule has 0 bridgehead atoms. The highest BCUT2D eigenvalue weighted by atomic mass is 79.9. The standard InChI is InChI=1S/C12H22BrN/c1-14(8-11-4-2-3-5-11)10-12(9-13)6-7-12/h11H,2-10H2,1H3. The van der Waals surface area contributed by atoms with E-state index in [1.807, 2.05) is 0 Å². The first-order chi connectivity index (χ1) is 6.74. The van der Waals surface area contributed by atoms with Gasteiger partial charge < -0.3 is 4.90 Å². The molecule has 2 fully saturated rings. The molecule has 0 aromatic rings. The highest BCUT2D eigenvalue weighted by molar-refractivity contribution is 9.09. The van der Waals surface area contributed by atoms with Gasteiger partial charge in [-0.25, -0.2) is 0 Å². The van der Waals surface area contributed by atoms with E-state index in [4.69, 9.17) is 0 Å². The lowest BCUT2D eigenvalue weighted by Gasteiger charge is -2.24. The van der Waals surface area contributed by atoms with Crippen LogP contribution in [0, 0.1) is 11.3 Å². The molecule has 0 saturated heterocycles. The van der Waals surface area contributed by atoms with Gasteiger partial charge in [0.1, 0.15) is 0 Å². The average molecular weight is 260 g/mol. The van der Waals surface area contributed by atoms with Crippen molar-refractivity contribution in [3.8, 4) is 0 Å². The lowest BCUT2D eigenvalue weighted by molar-refractivity contribution is 0.239. The van der Waals surface area contributed by atoms with E-state index in [-0.39, 0.29) is 0 Å². The molecule has 0 aromatic heterocycles. The van der Waals surface area contributed by atoms with Crippen LogP contribution in [0.4, 0.5) is 0 Å². The van der Waals surface area contributed by atoms with Crippen molar-refractivity contribution in [3.63, 3.8) is 0 Å². The molecule has 0 radical (unpaired) electrons. The Labute approximate surface area is 96.4 Å². The molecule has 0 atom stereocenters. The summed E-state index contributed by atoms with van der Waals surface area (Å²) in [7, 11) is 2.31. The molecule has 2 rings (SSSR count). The Hall–Kier alpha value is 0.440. The van der Waals surface area contributed by atoms with Crippen LogP contribution in [0.15, 0.2) is 0 Å². The van der Waals surface area contributed by atoms with Crippen molar-refractivity contribution in [1.29, 1.82) is 0 Å². The van der Waals surface area contributed by atoms with E-state index in [0.29, 0.717) is 5.41 Å². The number of rotatable bonds is 5. The van der Waals surface area contributed by atoms with E-state index >= 15 is 0 Å². The Morgan fingerprint density at radius 2 is 1.93 bits per heavy atom. The zero-order valence-electron chi connectivity index (χ0n) is 9.27. The molecular formula is C12H22BrN. The Balaban J connectivity index is 1.70. The van der Waals surface area contributed by atoms with Gasteiger partial charge in [-0.15, -0.1) is 0 Å². The summed E-state index contributed by atoms with van der Waals surface area (Å²) in [5, 5.41) is 1.20. The maximum Gasteiger partial charge on any atom is 0.0100 e. The van der Waals surface area contributed by atoms with E-state index in [2.05, 4.69) is 27.9 Å². The monoisotopic (exact) mass is 259 g/mol. The molecule has 82 valence electrons. The summed E-state index contributed by atoms with van der Waals surface area (Å²) in [5.41, 5.74) is 0.660. The van der Waals surface area contributed by atoms with Crippen LogP contribution in [0.25, 0.3) is 0 Å². The molecule has 2 heteroatoms. The summed E-state index contributed by atoms with van der Waals surface area (Å²) in [5.74, 6) is 1.01. The Kier molecular flexibility index (Phi) is 3.54. The molecule has 0 unspecified atom stereocenters. The third kappa shape index (κ3) is 2.73. The molecular weight excluding hydrogens is 238 g/mol. The number of halogens is 1. The second kappa shape index (κ2) is 4.52. The Morgan fingerprint density at radius 3 is 2.43 bits per heavy atom. The van der Waals surface area contributed by atoms with Crippen molar-refractivity contribution in [2.75, 3.05) is 25.5 Å². The molecule has 0 spiro atoms. The van der Waals surface area contributed by atoms with Gasteiger partial charge >= 0.3 is 0 Å². The third-order valence-electron chi connectivity index (χ3n) is 3.89. The van der Waals surface area contributed by atoms with Gasteiger partial charge in [0.15, 0.2) is 0 Å². The minimum absolute atomic E-state index is 0.660. The highest BCUT2D eigenvalue weighted by Gasteiger charge is 2.42. The summed E-state index contributed by atoms with van der Waals surface area (Å²) >= 11 is 3.65. The second-order valence-electron chi connectivity index (χ2n) is 5.48. The van der Waals surface area contributed by atoms with Gasteiger partial charge in [-0.1, -0.05) is 28.8 Å². The summed E-state index contributed by atoms with van der Waals surface area (Å²) in [6, 6.07) is 0. The van der Waals surface area contributed by atoms with Crippen LogP contribution < -0.4 is 0 Å². The topological polar surface area (TPSA) is 3.24 Å². The van der Waals surface area contributed by atoms with Gasteiger partial charge in [0.2, 0.25) is 0 Å². The molecule has 0 amide bonds. The predicted octanol–water partition coefficient (Wildman–Crippen LogP) is 3.28. The minimum Gasteiger partial charge on any atom is -0.306 e. The van der Waals surface area contributed by atoms with Crippen molar-refractivity contribution >= 4 is 15.9 Å². The van der Waals surface area contributed by atoms with E-state index in [1.54, 1.807) is 0 Å². The average Bonchev–Trinajstić information content (AvgIpc) is 2.74. The van der Waals surface area contributed by atoms with Crippen molar-refractivity contribution in [3.05, 3.63) is 0 Å². The quantitative estimate of drug-likeness (QED) is 0.686. The molecule has 2 aliphatic carbocycles. The minimum atomic E-state index is 0.660. The second-order valence-corrected chi connectivity index (χ2v) is 6.04. The predicted molar refractivity (Wildman–Crippen MR) is 64.9 cm³/mol. The van der Waals surface area contributed by atoms with Gasteiger partial charge in [0, 0.05) is 18.4 Å². The molecule has 0 aliphatic heterocycles. The SMILES string of the molecule is CN(CC1CCCC1)CC1(CBr)CC1. The number of hydrogen-bond acceptors (Lipinski definition) is 1. The van der Waals surface area contributed by atoms with Crippen LogP contribution in [0.1, 0.15) is 38.5 Å². The van der Waals surface area contributed by atoms with Gasteiger partial charge in [0.25, 0.3) is 0 Å². The van der Waals surface area contributed by atoms with Crippen LogP contribution in [0.5, 0.6) is 0 Å². The maximum absolute atomic E-state index is 3.65. The molecule has 0 heterocycles. The number of nitrogens with zero attached hydrogens (tertiary/aromatic N) is 1. The molecule has 1 nitrogen and oxygen atoms in total. The largest absolute Gasteiger partial charge is 0.306 e. The molecule has 2 aliphatic rings. The highest BCUT2D eigenvalue weighted by Crippen LogP contribution is 2.47. The molecule has 0 aromatic carbocycles. The van der Waals surface area contributed by atoms with E-state index in [1.165, 1.54) is 56.9 Å². The summed E-state index contributed by atoms with van der Waals surface area (Å²) in [6.45, 7) is 2.66. The van der Waals surface area contributed by atoms with Gasteiger partial charge in [-0.3, -0.25) is 0 Å². The summed E-state index contributed by atoms with van der Waals surface area (Å²) in [4.78, 5) is 2.57. The zero-order valence-corrected chi connectivity index (χ0v) is 10.9. The van der Waals surface area contributed by atoms with Crippen molar-refractivity contribution < 1.29 is 0 Å². The summed E-state index contributed by atoms with van der Waals surface area (Å²) < 4.78 is 0. The Bertz CT molecular complexity index is 183. The fraction of sp³-hybridized carbons (Fsp3) is 1.00. The Morgan fingerprint density at radius 1 is 1.29 bits per heavy atom. The van der Waals surface area contributed by atoms with Gasteiger partial charge in [0.05, 0.1) is 0 Å². The normalized spacial score (nSPS) is 25.9. The van der Waals surface area contributed by atoms with E-state index in [0.717, 1.165) is 5.92 Å². The van der Waals surface area contributed by atoms with E-state index in [9.17, 15) is 0 Å². The van der Waals surface area contributed by atoms with Crippen molar-refractivity contribution in [2.45, 2.75) is 38.5 Å². The third-order valence-corrected chi connectivity index (χ3v) is 5.08. The first-order valence-electron chi connectivity index (χ1n) is 5.99. The van der Waals surface area contributed by atoms with Crippen LogP contribution in [0.3, 0.4) is 0 Å². The molecule has 14 heavy (non-hydrogen) atoms. The molecule has 0 N–H and O–H groups in total. The number of hydrogen-bond donors (Lipinski definition) is 0. The molecule has 2 saturated carbocycles. The summed E-state index contributed by atoms with van der Waals surface area (Å²) in [6.07, 6.45) is 8.78. The fourth-order valence-corrected chi connectivity index (χ4v) is 3.52. The maximum atomic E-state index is 3.65. The fourth-order valence-electron chi connectivity index (χ4n) is 2.78. The lowest BCUT2D eigenvalue weighted by Crippen LogP contribution is -2.31. The first kappa shape index (κ1) is 10.9. The first-order valence-corrected chi connectivity index (χ1v) is 7.11. The van der Waals surface area contributed by atoms with Gasteiger partial charge in [-0.2, -0.15) is 0 Å². The van der Waals surface area contributed by atoms with Crippen molar-refractivity contribution in [1.82, 2.24) is 4.90 Å². The lowest BCUT2D eigenvalue weighted by atomic mass is 10.1. The zero-order chi connectivity index (χ0) is 10.0. The van der Waals surface area contributed by atoms with Crippen molar-refractivity contribution in [2.24, 2.45) is 11.3 Å². The number of alkyl halides is 1. The van der Waals surface area contributed by atoms with Crippen LogP contribution in [0.2, 0.25) is 0 Å². The smallest absolute Gasteiger partial charge is 0.0100 e. The van der Waals surface area contributed by atoms with Crippen LogP contribution >= 0.6 is 15.9 Å². The van der Waals surface area contributed by atoms with E-state index < -0.39 is 0 Å². The van der Waals surface area contributed by atoms with Crippen LogP contribution in [-0.2, 0) is 0 Å². The van der Waals surface area contributed by atoms with Gasteiger partial charge in [-0.05, 0) is 44.1 Å². The van der Waals surface area contributed by atoms with Crippen LogP contribution in [-0.4, -0.2) is 30.4 Å².